The van der Waals surface area contributed by atoms with Crippen LogP contribution in [0, 0.1) is 6.92 Å². The van der Waals surface area contributed by atoms with Crippen LogP contribution in [0.3, 0.4) is 0 Å². The molecule has 0 saturated heterocycles. The second-order valence-electron chi connectivity index (χ2n) is 8.23. The first-order valence-corrected chi connectivity index (χ1v) is 10.8. The number of para-hydroxylation sites is 1. The molecule has 5 heteroatoms. The molecule has 0 radical (unpaired) electrons. The van der Waals surface area contributed by atoms with E-state index in [9.17, 15) is 9.59 Å². The van der Waals surface area contributed by atoms with Crippen LogP contribution in [-0.4, -0.2) is 30.4 Å². The van der Waals surface area contributed by atoms with Crippen molar-refractivity contribution in [1.82, 2.24) is 4.90 Å². The molecule has 0 fully saturated rings. The molecule has 0 aliphatic heterocycles. The number of benzene rings is 3. The Bertz CT molecular complexity index is 1080. The molecule has 0 aliphatic carbocycles. The fourth-order valence-electron chi connectivity index (χ4n) is 3.49. The van der Waals surface area contributed by atoms with Crippen LogP contribution in [0.2, 0.25) is 0 Å². The molecule has 0 saturated carbocycles. The van der Waals surface area contributed by atoms with Crippen molar-refractivity contribution in [3.05, 3.63) is 95.1 Å². The fourth-order valence-corrected chi connectivity index (χ4v) is 3.49. The molecular weight excluding hydrogens is 400 g/mol. The van der Waals surface area contributed by atoms with Gasteiger partial charge in [-0.2, -0.15) is 0 Å². The highest BCUT2D eigenvalue weighted by molar-refractivity contribution is 6.03. The molecule has 0 spiro atoms. The summed E-state index contributed by atoms with van der Waals surface area (Å²) in [6.07, 6.45) is 0. The van der Waals surface area contributed by atoms with Crippen molar-refractivity contribution in [3.63, 3.8) is 0 Å². The minimum atomic E-state index is -0.313. The Kier molecular flexibility index (Phi) is 7.66. The third-order valence-electron chi connectivity index (χ3n) is 5.19. The lowest BCUT2D eigenvalue weighted by molar-refractivity contribution is -0.118. The average Bonchev–Trinajstić information content (AvgIpc) is 2.78. The molecule has 0 heterocycles. The molecule has 0 unspecified atom stereocenters. The van der Waals surface area contributed by atoms with Gasteiger partial charge in [-0.3, -0.25) is 9.59 Å². The van der Waals surface area contributed by atoms with Gasteiger partial charge in [0.1, 0.15) is 5.75 Å². The lowest BCUT2D eigenvalue weighted by atomic mass is 10.0. The molecular formula is C27H30N2O3. The topological polar surface area (TPSA) is 58.6 Å². The van der Waals surface area contributed by atoms with Crippen LogP contribution in [-0.2, 0) is 11.3 Å². The molecule has 0 atom stereocenters. The summed E-state index contributed by atoms with van der Waals surface area (Å²) >= 11 is 0. The Balaban J connectivity index is 1.68. The summed E-state index contributed by atoms with van der Waals surface area (Å²) in [6, 6.07) is 22.8. The van der Waals surface area contributed by atoms with E-state index in [1.54, 1.807) is 36.2 Å². The maximum Gasteiger partial charge on any atom is 0.262 e. The first-order chi connectivity index (χ1) is 15.3. The Labute approximate surface area is 190 Å². The minimum absolute atomic E-state index is 0.133. The number of carbonyl (C=O) groups is 2. The summed E-state index contributed by atoms with van der Waals surface area (Å²) in [5, 5.41) is 2.83. The maximum absolute atomic E-state index is 13.0. The first-order valence-electron chi connectivity index (χ1n) is 10.8. The molecule has 3 rings (SSSR count). The van der Waals surface area contributed by atoms with Crippen molar-refractivity contribution in [2.45, 2.75) is 33.2 Å². The number of hydrogen-bond donors (Lipinski definition) is 1. The normalized spacial score (nSPS) is 10.7. The zero-order chi connectivity index (χ0) is 23.1. The summed E-state index contributed by atoms with van der Waals surface area (Å²) in [7, 11) is 1.75. The van der Waals surface area contributed by atoms with Crippen molar-refractivity contribution in [3.8, 4) is 5.75 Å². The second-order valence-corrected chi connectivity index (χ2v) is 8.23. The summed E-state index contributed by atoms with van der Waals surface area (Å²) in [4.78, 5) is 27.3. The molecule has 2 amide bonds. The Hall–Kier alpha value is -3.60. The lowest BCUT2D eigenvalue weighted by Crippen LogP contribution is -2.28. The number of amides is 2. The van der Waals surface area contributed by atoms with E-state index in [4.69, 9.17) is 4.74 Å². The molecule has 3 aromatic rings. The number of carbonyl (C=O) groups excluding carboxylic acids is 2. The van der Waals surface area contributed by atoms with Crippen molar-refractivity contribution in [1.29, 1.82) is 0 Å². The van der Waals surface area contributed by atoms with Gasteiger partial charge in [-0.05, 0) is 47.7 Å². The van der Waals surface area contributed by atoms with Gasteiger partial charge in [0, 0.05) is 13.6 Å². The number of aryl methyl sites for hydroxylation is 1. The van der Waals surface area contributed by atoms with Crippen molar-refractivity contribution >= 4 is 17.5 Å². The van der Waals surface area contributed by atoms with Crippen LogP contribution in [0.5, 0.6) is 5.75 Å². The van der Waals surface area contributed by atoms with Gasteiger partial charge < -0.3 is 15.0 Å². The molecule has 3 aromatic carbocycles. The van der Waals surface area contributed by atoms with E-state index in [1.165, 1.54) is 0 Å². The Morgan fingerprint density at radius 2 is 1.66 bits per heavy atom. The van der Waals surface area contributed by atoms with Crippen LogP contribution >= 0.6 is 0 Å². The van der Waals surface area contributed by atoms with Crippen molar-refractivity contribution in [2.75, 3.05) is 19.0 Å². The van der Waals surface area contributed by atoms with Gasteiger partial charge in [-0.25, -0.2) is 0 Å². The number of nitrogens with one attached hydrogen (secondary N) is 1. The molecule has 5 nitrogen and oxygen atoms in total. The number of anilines is 1. The summed E-state index contributed by atoms with van der Waals surface area (Å²) < 4.78 is 5.83. The predicted molar refractivity (Wildman–Crippen MR) is 128 cm³/mol. The van der Waals surface area contributed by atoms with E-state index >= 15 is 0 Å². The van der Waals surface area contributed by atoms with E-state index < -0.39 is 0 Å². The third kappa shape index (κ3) is 5.97. The summed E-state index contributed by atoms with van der Waals surface area (Å²) in [5.41, 5.74) is 4.08. The number of ether oxygens (including phenoxy) is 1. The minimum Gasteiger partial charge on any atom is -0.483 e. The van der Waals surface area contributed by atoms with E-state index in [0.29, 0.717) is 23.5 Å². The lowest BCUT2D eigenvalue weighted by Gasteiger charge is -2.20. The number of rotatable bonds is 8. The fraction of sp³-hybridized carbons (Fsp3) is 0.259. The molecule has 32 heavy (non-hydrogen) atoms. The summed E-state index contributed by atoms with van der Waals surface area (Å²) in [5.74, 6) is 0.521. The zero-order valence-corrected chi connectivity index (χ0v) is 19.1. The zero-order valence-electron chi connectivity index (χ0n) is 19.1. The molecule has 0 aromatic heterocycles. The molecule has 1 N–H and O–H groups in total. The molecule has 0 aliphatic rings. The van der Waals surface area contributed by atoms with Gasteiger partial charge in [0.25, 0.3) is 11.8 Å². The Morgan fingerprint density at radius 3 is 2.38 bits per heavy atom. The first kappa shape index (κ1) is 23.1. The molecule has 0 bridgehead atoms. The van der Waals surface area contributed by atoms with Gasteiger partial charge in [-0.15, -0.1) is 0 Å². The highest BCUT2D eigenvalue weighted by Gasteiger charge is 2.18. The number of nitrogens with zero attached hydrogens (tertiary/aromatic N) is 1. The van der Waals surface area contributed by atoms with Gasteiger partial charge in [-0.1, -0.05) is 68.4 Å². The SMILES string of the molecule is Cc1ccc(C(C)C)c(OCC(=O)Nc2ccccc2C(=O)N(C)Cc2ccccc2)c1. The average molecular weight is 431 g/mol. The van der Waals surface area contributed by atoms with Crippen LogP contribution in [0.15, 0.2) is 72.8 Å². The van der Waals surface area contributed by atoms with Crippen LogP contribution in [0.4, 0.5) is 5.69 Å². The molecule has 166 valence electrons. The highest BCUT2D eigenvalue weighted by atomic mass is 16.5. The maximum atomic E-state index is 13.0. The van der Waals surface area contributed by atoms with E-state index in [-0.39, 0.29) is 24.3 Å². The van der Waals surface area contributed by atoms with Crippen LogP contribution < -0.4 is 10.1 Å². The Morgan fingerprint density at radius 1 is 0.969 bits per heavy atom. The van der Waals surface area contributed by atoms with Crippen LogP contribution in [0.25, 0.3) is 0 Å². The van der Waals surface area contributed by atoms with E-state index in [2.05, 4.69) is 19.2 Å². The number of hydrogen-bond acceptors (Lipinski definition) is 3. The van der Waals surface area contributed by atoms with E-state index in [0.717, 1.165) is 16.7 Å². The standard InChI is InChI=1S/C27H30N2O3/c1-19(2)22-15-14-20(3)16-25(22)32-18-26(30)28-24-13-9-8-12-23(24)27(31)29(4)17-21-10-6-5-7-11-21/h5-16,19H,17-18H2,1-4H3,(H,28,30). The van der Waals surface area contributed by atoms with Gasteiger partial charge in [0.05, 0.1) is 11.3 Å². The van der Waals surface area contributed by atoms with Crippen LogP contribution in [0.1, 0.15) is 46.8 Å². The van der Waals surface area contributed by atoms with Gasteiger partial charge in [0.15, 0.2) is 6.61 Å². The predicted octanol–water partition coefficient (Wildman–Crippen LogP) is 5.41. The van der Waals surface area contributed by atoms with E-state index in [1.807, 2.05) is 55.5 Å². The third-order valence-corrected chi connectivity index (χ3v) is 5.19. The van der Waals surface area contributed by atoms with Gasteiger partial charge >= 0.3 is 0 Å². The monoisotopic (exact) mass is 430 g/mol. The van der Waals surface area contributed by atoms with Gasteiger partial charge in [0.2, 0.25) is 0 Å². The highest BCUT2D eigenvalue weighted by Crippen LogP contribution is 2.27. The van der Waals surface area contributed by atoms with Crippen molar-refractivity contribution < 1.29 is 14.3 Å². The smallest absolute Gasteiger partial charge is 0.262 e. The quantitative estimate of drug-likeness (QED) is 0.520. The summed E-state index contributed by atoms with van der Waals surface area (Å²) in [6.45, 7) is 6.52. The second kappa shape index (κ2) is 10.6. The van der Waals surface area contributed by atoms with Crippen molar-refractivity contribution in [2.24, 2.45) is 0 Å². The largest absolute Gasteiger partial charge is 0.483 e.